The molecule has 3 aliphatic rings. The number of esters is 2. The maximum Gasteiger partial charge on any atom is 0.527 e. The number of carbonyl (C=O) groups excluding carboxylic acids is 7. The topological polar surface area (TPSA) is 208 Å². The molecule has 2 N–H and O–H groups in total. The highest BCUT2D eigenvalue weighted by Gasteiger charge is 2.37. The van der Waals surface area contributed by atoms with E-state index in [9.17, 15) is 33.6 Å². The van der Waals surface area contributed by atoms with Crippen LogP contribution < -0.4 is 15.4 Å². The predicted octanol–water partition coefficient (Wildman–Crippen LogP) is 2.14. The number of carbonyl (C=O) groups is 7. The van der Waals surface area contributed by atoms with Crippen molar-refractivity contribution in [1.82, 2.24) is 35.3 Å². The smallest absolute Gasteiger partial charge is 0.467 e. The molecule has 18 nitrogen and oxygen atoms in total. The molecule has 1 aromatic carbocycles. The second-order valence-electron chi connectivity index (χ2n) is 14.9. The average Bonchev–Trinajstić information content (AvgIpc) is 3.82. The van der Waals surface area contributed by atoms with Gasteiger partial charge in [0, 0.05) is 38.2 Å². The molecule has 0 unspecified atom stereocenters. The molecule has 1 aliphatic carbocycles. The van der Waals surface area contributed by atoms with Gasteiger partial charge in [-0.1, -0.05) is 18.2 Å². The number of hydrogen-bond acceptors (Lipinski definition) is 13. The van der Waals surface area contributed by atoms with E-state index in [0.717, 1.165) is 19.3 Å². The van der Waals surface area contributed by atoms with Crippen LogP contribution in [0.4, 0.5) is 4.79 Å². The summed E-state index contributed by atoms with van der Waals surface area (Å²) < 4.78 is 17.1. The van der Waals surface area contributed by atoms with Gasteiger partial charge >= 0.3 is 18.1 Å². The van der Waals surface area contributed by atoms with E-state index in [2.05, 4.69) is 15.7 Å². The summed E-state index contributed by atoms with van der Waals surface area (Å²) >= 11 is 0. The van der Waals surface area contributed by atoms with Crippen LogP contribution in [-0.4, -0.2) is 130 Å². The van der Waals surface area contributed by atoms with Crippen LogP contribution >= 0.6 is 0 Å². The first-order valence-corrected chi connectivity index (χ1v) is 19.1. The molecule has 56 heavy (non-hydrogen) atoms. The molecule has 2 atom stereocenters. The lowest BCUT2D eigenvalue weighted by atomic mass is 9.93. The van der Waals surface area contributed by atoms with E-state index in [4.69, 9.17) is 19.0 Å². The fourth-order valence-electron chi connectivity index (χ4n) is 6.27. The Balaban J connectivity index is 1.29. The summed E-state index contributed by atoms with van der Waals surface area (Å²) in [4.78, 5) is 98.9. The van der Waals surface area contributed by atoms with Gasteiger partial charge in [0.2, 0.25) is 17.7 Å². The number of likely N-dealkylation sites (tertiary alicyclic amines) is 1. The standard InChI is InChI=1S/C38H51N7O11/c1-5-53-37(52)56-43-21-19-42(20-22-43)35(50)27(16-17-32(47)55-36(51)38(2,3)4)40-33(48)28-23-31(45(41-28)26-13-7-6-8-14-26)54-24-30(46)44-18-10-15-29(44)34(49)39-25-11-9-12-25/h6-8,13-14,23,25,27,29H,5,9-12,15-22,24H2,1-4H3,(H,39,49)(H,40,48)/t27-,29-/m0/s1. The quantitative estimate of drug-likeness (QED) is 0.208. The fourth-order valence-corrected chi connectivity index (χ4v) is 6.27. The number of hydroxylamine groups is 2. The van der Waals surface area contributed by atoms with Gasteiger partial charge < -0.3 is 39.5 Å². The average molecular weight is 782 g/mol. The molecule has 0 bridgehead atoms. The molecule has 5 rings (SSSR count). The van der Waals surface area contributed by atoms with Crippen LogP contribution in [0, 0.1) is 5.41 Å². The highest BCUT2D eigenvalue weighted by Crippen LogP contribution is 2.24. The van der Waals surface area contributed by atoms with Gasteiger partial charge in [0.25, 0.3) is 11.8 Å². The normalized spacial score (nSPS) is 18.0. The molecule has 4 amide bonds. The van der Waals surface area contributed by atoms with E-state index < -0.39 is 59.9 Å². The van der Waals surface area contributed by atoms with Crippen LogP contribution in [-0.2, 0) is 38.3 Å². The zero-order valence-corrected chi connectivity index (χ0v) is 32.3. The maximum absolute atomic E-state index is 13.9. The molecule has 304 valence electrons. The van der Waals surface area contributed by atoms with Crippen molar-refractivity contribution >= 4 is 41.7 Å². The number of benzene rings is 1. The molecule has 18 heteroatoms. The number of aromatic nitrogens is 2. The molecular formula is C38H51N7O11. The Morgan fingerprint density at radius 2 is 1.64 bits per heavy atom. The van der Waals surface area contributed by atoms with E-state index in [0.29, 0.717) is 25.1 Å². The highest BCUT2D eigenvalue weighted by molar-refractivity contribution is 5.97. The van der Waals surface area contributed by atoms with Gasteiger partial charge in [-0.2, -0.15) is 5.10 Å². The summed E-state index contributed by atoms with van der Waals surface area (Å²) in [6, 6.07) is 8.43. The lowest BCUT2D eigenvalue weighted by Gasteiger charge is -2.35. The SMILES string of the molecule is CCOC(=O)ON1CCN(C(=O)[C@H](CCC(=O)OC(=O)C(C)(C)C)NC(=O)c2cc(OCC(=O)N3CCC[C@H]3C(=O)NC3CCC3)n(-c3ccccc3)n2)CC1. The number of nitrogens with one attached hydrogen (secondary N) is 2. The second-order valence-corrected chi connectivity index (χ2v) is 14.9. The predicted molar refractivity (Wildman–Crippen MR) is 197 cm³/mol. The van der Waals surface area contributed by atoms with E-state index in [1.165, 1.54) is 25.6 Å². The summed E-state index contributed by atoms with van der Waals surface area (Å²) in [6.45, 7) is 7.16. The van der Waals surface area contributed by atoms with E-state index >= 15 is 0 Å². The minimum atomic E-state index is -1.25. The molecule has 2 aliphatic heterocycles. The number of rotatable bonds is 14. The Morgan fingerprint density at radius 1 is 0.929 bits per heavy atom. The lowest BCUT2D eigenvalue weighted by molar-refractivity contribution is -0.165. The van der Waals surface area contributed by atoms with Crippen molar-refractivity contribution in [1.29, 1.82) is 0 Å². The van der Waals surface area contributed by atoms with Gasteiger partial charge in [0.05, 0.1) is 30.8 Å². The fraction of sp³-hybridized carbons (Fsp3) is 0.579. The van der Waals surface area contributed by atoms with Crippen LogP contribution in [0.15, 0.2) is 36.4 Å². The second kappa shape index (κ2) is 18.9. The number of ether oxygens (including phenoxy) is 3. The maximum atomic E-state index is 13.9. The van der Waals surface area contributed by atoms with Crippen molar-refractivity contribution in [2.75, 3.05) is 45.9 Å². The monoisotopic (exact) mass is 781 g/mol. The summed E-state index contributed by atoms with van der Waals surface area (Å²) in [7, 11) is 0. The summed E-state index contributed by atoms with van der Waals surface area (Å²) in [5.74, 6) is -3.38. The van der Waals surface area contributed by atoms with Gasteiger partial charge in [0.1, 0.15) is 12.1 Å². The third-order valence-corrected chi connectivity index (χ3v) is 9.66. The number of hydrogen-bond donors (Lipinski definition) is 2. The Labute approximate surface area is 325 Å². The van der Waals surface area contributed by atoms with E-state index in [1.54, 1.807) is 58.0 Å². The third-order valence-electron chi connectivity index (χ3n) is 9.66. The minimum absolute atomic E-state index is 0.0641. The largest absolute Gasteiger partial charge is 0.527 e. The first-order valence-electron chi connectivity index (χ1n) is 19.1. The van der Waals surface area contributed by atoms with Crippen LogP contribution in [0.2, 0.25) is 0 Å². The molecule has 0 spiro atoms. The van der Waals surface area contributed by atoms with Crippen molar-refractivity contribution in [3.63, 3.8) is 0 Å². The number of piperazine rings is 1. The first-order chi connectivity index (χ1) is 26.7. The first kappa shape index (κ1) is 41.6. The number of para-hydroxylation sites is 1. The van der Waals surface area contributed by atoms with Gasteiger partial charge in [-0.3, -0.25) is 28.8 Å². The van der Waals surface area contributed by atoms with Crippen molar-refractivity contribution in [3.8, 4) is 11.6 Å². The Morgan fingerprint density at radius 3 is 2.29 bits per heavy atom. The van der Waals surface area contributed by atoms with Crippen molar-refractivity contribution in [2.45, 2.75) is 90.8 Å². The summed E-state index contributed by atoms with van der Waals surface area (Å²) in [5.41, 5.74) is -0.562. The van der Waals surface area contributed by atoms with Crippen molar-refractivity contribution in [3.05, 3.63) is 42.1 Å². The molecule has 1 aromatic heterocycles. The van der Waals surface area contributed by atoms with Crippen LogP contribution in [0.3, 0.4) is 0 Å². The molecule has 2 saturated heterocycles. The van der Waals surface area contributed by atoms with E-state index in [-0.39, 0.29) is 69.2 Å². The molecule has 0 radical (unpaired) electrons. The van der Waals surface area contributed by atoms with Crippen LogP contribution in [0.25, 0.3) is 5.69 Å². The molecule has 3 heterocycles. The molecule has 3 fully saturated rings. The molecule has 1 saturated carbocycles. The minimum Gasteiger partial charge on any atom is -0.467 e. The Bertz CT molecular complexity index is 1750. The van der Waals surface area contributed by atoms with Crippen LogP contribution in [0.1, 0.15) is 83.1 Å². The number of amides is 4. The van der Waals surface area contributed by atoms with Gasteiger partial charge in [-0.25, -0.2) is 9.48 Å². The number of nitrogens with zero attached hydrogens (tertiary/aromatic N) is 5. The Hall–Kier alpha value is -5.52. The van der Waals surface area contributed by atoms with Crippen LogP contribution in [0.5, 0.6) is 5.88 Å². The van der Waals surface area contributed by atoms with Crippen molar-refractivity contribution < 1.29 is 52.6 Å². The summed E-state index contributed by atoms with van der Waals surface area (Å²) in [6.07, 6.45) is 2.73. The van der Waals surface area contributed by atoms with E-state index in [1.807, 2.05) is 0 Å². The lowest BCUT2D eigenvalue weighted by Crippen LogP contribution is -2.55. The third kappa shape index (κ3) is 11.0. The van der Waals surface area contributed by atoms with Crippen molar-refractivity contribution in [2.24, 2.45) is 5.41 Å². The highest BCUT2D eigenvalue weighted by atomic mass is 16.8. The zero-order chi connectivity index (χ0) is 40.4. The van der Waals surface area contributed by atoms with Gasteiger partial charge in [-0.05, 0) is 78.4 Å². The zero-order valence-electron chi connectivity index (χ0n) is 32.3. The summed E-state index contributed by atoms with van der Waals surface area (Å²) in [5, 5.41) is 11.5. The molecule has 2 aromatic rings. The van der Waals surface area contributed by atoms with Gasteiger partial charge in [0.15, 0.2) is 12.3 Å². The molecular weight excluding hydrogens is 730 g/mol. The van der Waals surface area contributed by atoms with Gasteiger partial charge in [-0.15, -0.1) is 5.06 Å². The Kier molecular flexibility index (Phi) is 14.0.